The highest BCUT2D eigenvalue weighted by Gasteiger charge is 2.54. The Morgan fingerprint density at radius 3 is 2.82 bits per heavy atom. The first-order valence-corrected chi connectivity index (χ1v) is 6.04. The number of methoxy groups -OCH3 is 1. The molecule has 0 aromatic carbocycles. The number of ether oxygens (including phenoxy) is 1. The summed E-state index contributed by atoms with van der Waals surface area (Å²) in [6.07, 6.45) is 3.36. The SMILES string of the molecule is C=C(C)[C@@H]1C[C@]2(O)C(C)=C[C@H]1C[C@H]2C(=O)OC. The lowest BCUT2D eigenvalue weighted by molar-refractivity contribution is -0.160. The van der Waals surface area contributed by atoms with Crippen molar-refractivity contribution in [2.75, 3.05) is 7.11 Å². The molecule has 94 valence electrons. The molecule has 0 aromatic heterocycles. The Balaban J connectivity index is 2.36. The molecule has 0 amide bonds. The van der Waals surface area contributed by atoms with Gasteiger partial charge in [-0.1, -0.05) is 18.2 Å². The molecule has 1 saturated carbocycles. The normalized spacial score (nSPS) is 39.8. The molecular weight excluding hydrogens is 216 g/mol. The predicted molar refractivity (Wildman–Crippen MR) is 65.2 cm³/mol. The van der Waals surface area contributed by atoms with Crippen molar-refractivity contribution in [2.45, 2.75) is 32.3 Å². The second-order valence-electron chi connectivity index (χ2n) is 5.41. The van der Waals surface area contributed by atoms with Crippen molar-refractivity contribution in [3.8, 4) is 0 Å². The number of carbonyl (C=O) groups is 1. The number of fused-ring (bicyclic) bond motifs is 2. The highest BCUT2D eigenvalue weighted by Crippen LogP contribution is 2.52. The zero-order valence-corrected chi connectivity index (χ0v) is 10.7. The molecule has 3 aliphatic carbocycles. The Hall–Kier alpha value is -1.09. The van der Waals surface area contributed by atoms with Gasteiger partial charge >= 0.3 is 5.97 Å². The van der Waals surface area contributed by atoms with Crippen LogP contribution in [0.15, 0.2) is 23.8 Å². The molecule has 17 heavy (non-hydrogen) atoms. The van der Waals surface area contributed by atoms with E-state index in [1.807, 2.05) is 13.8 Å². The van der Waals surface area contributed by atoms with Crippen molar-refractivity contribution in [3.63, 3.8) is 0 Å². The van der Waals surface area contributed by atoms with E-state index in [9.17, 15) is 9.90 Å². The Kier molecular flexibility index (Phi) is 2.90. The van der Waals surface area contributed by atoms with E-state index in [0.717, 1.165) is 11.1 Å². The minimum absolute atomic E-state index is 0.282. The van der Waals surface area contributed by atoms with Gasteiger partial charge in [-0.3, -0.25) is 4.79 Å². The van der Waals surface area contributed by atoms with E-state index in [-0.39, 0.29) is 11.9 Å². The van der Waals surface area contributed by atoms with Crippen molar-refractivity contribution < 1.29 is 14.6 Å². The number of esters is 1. The summed E-state index contributed by atoms with van der Waals surface area (Å²) in [6.45, 7) is 7.88. The van der Waals surface area contributed by atoms with Crippen LogP contribution in [0.4, 0.5) is 0 Å². The van der Waals surface area contributed by atoms with Crippen LogP contribution in [0.5, 0.6) is 0 Å². The summed E-state index contributed by atoms with van der Waals surface area (Å²) >= 11 is 0. The van der Waals surface area contributed by atoms with Crippen LogP contribution in [0.25, 0.3) is 0 Å². The molecule has 0 aliphatic heterocycles. The van der Waals surface area contributed by atoms with Gasteiger partial charge in [-0.25, -0.2) is 0 Å². The van der Waals surface area contributed by atoms with Gasteiger partial charge in [0.2, 0.25) is 0 Å². The maximum Gasteiger partial charge on any atom is 0.311 e. The maximum atomic E-state index is 11.8. The molecule has 2 bridgehead atoms. The molecule has 0 spiro atoms. The first-order valence-electron chi connectivity index (χ1n) is 6.04. The maximum absolute atomic E-state index is 11.8. The minimum atomic E-state index is -1.04. The standard InChI is InChI=1S/C14H20O3/c1-8(2)11-7-14(16)9(3)5-10(11)6-12(14)13(15)17-4/h5,10-12,16H,1,6-7H2,2-4H3/t10-,11-,12-,14-/m0/s1. The Morgan fingerprint density at radius 1 is 1.65 bits per heavy atom. The fraction of sp³-hybridized carbons (Fsp3) is 0.643. The second kappa shape index (κ2) is 3.98. The van der Waals surface area contributed by atoms with Crippen LogP contribution in [-0.4, -0.2) is 23.8 Å². The lowest BCUT2D eigenvalue weighted by atomic mass is 9.57. The Labute approximate surface area is 102 Å². The average molecular weight is 236 g/mol. The van der Waals surface area contributed by atoms with Gasteiger partial charge in [0.25, 0.3) is 0 Å². The first kappa shape index (κ1) is 12.4. The third-order valence-corrected chi connectivity index (χ3v) is 4.40. The van der Waals surface area contributed by atoms with E-state index in [1.54, 1.807) is 0 Å². The van der Waals surface area contributed by atoms with Crippen LogP contribution in [0, 0.1) is 17.8 Å². The van der Waals surface area contributed by atoms with Gasteiger partial charge in [0.1, 0.15) is 0 Å². The third-order valence-electron chi connectivity index (χ3n) is 4.40. The van der Waals surface area contributed by atoms with Gasteiger partial charge in [-0.05, 0) is 44.1 Å². The van der Waals surface area contributed by atoms with E-state index in [2.05, 4.69) is 12.7 Å². The van der Waals surface area contributed by atoms with Gasteiger partial charge in [0, 0.05) is 0 Å². The summed E-state index contributed by atoms with van der Waals surface area (Å²) in [4.78, 5) is 11.8. The first-order chi connectivity index (χ1) is 7.90. The number of hydrogen-bond donors (Lipinski definition) is 1. The molecule has 3 heteroatoms. The number of carbonyl (C=O) groups excluding carboxylic acids is 1. The van der Waals surface area contributed by atoms with Crippen LogP contribution in [-0.2, 0) is 9.53 Å². The molecule has 0 saturated heterocycles. The number of allylic oxidation sites excluding steroid dienone is 2. The van der Waals surface area contributed by atoms with Gasteiger partial charge in [0.05, 0.1) is 18.6 Å². The summed E-state index contributed by atoms with van der Waals surface area (Å²) in [5.74, 6) is -0.126. The summed E-state index contributed by atoms with van der Waals surface area (Å²) in [5.41, 5.74) is 0.952. The Morgan fingerprint density at radius 2 is 2.29 bits per heavy atom. The molecule has 1 fully saturated rings. The van der Waals surface area contributed by atoms with Gasteiger partial charge in [-0.15, -0.1) is 0 Å². The zero-order valence-electron chi connectivity index (χ0n) is 10.7. The van der Waals surface area contributed by atoms with E-state index in [4.69, 9.17) is 4.74 Å². The topological polar surface area (TPSA) is 46.5 Å². The molecule has 3 rings (SSSR count). The number of aliphatic hydroxyl groups is 1. The zero-order chi connectivity index (χ0) is 12.8. The van der Waals surface area contributed by atoms with Gasteiger partial charge in [-0.2, -0.15) is 0 Å². The van der Waals surface area contributed by atoms with E-state index >= 15 is 0 Å². The largest absolute Gasteiger partial charge is 0.469 e. The van der Waals surface area contributed by atoms with Crippen LogP contribution in [0.3, 0.4) is 0 Å². The van der Waals surface area contributed by atoms with E-state index in [1.165, 1.54) is 7.11 Å². The van der Waals surface area contributed by atoms with Crippen LogP contribution >= 0.6 is 0 Å². The quantitative estimate of drug-likeness (QED) is 0.589. The van der Waals surface area contributed by atoms with Crippen LogP contribution in [0.1, 0.15) is 26.7 Å². The van der Waals surface area contributed by atoms with Gasteiger partial charge < -0.3 is 9.84 Å². The monoisotopic (exact) mass is 236 g/mol. The van der Waals surface area contributed by atoms with Crippen molar-refractivity contribution >= 4 is 5.97 Å². The molecule has 0 heterocycles. The second-order valence-corrected chi connectivity index (χ2v) is 5.41. The summed E-state index contributed by atoms with van der Waals surface area (Å²) in [7, 11) is 1.38. The lowest BCUT2D eigenvalue weighted by Gasteiger charge is -2.50. The molecule has 4 atom stereocenters. The van der Waals surface area contributed by atoms with Crippen molar-refractivity contribution in [1.82, 2.24) is 0 Å². The van der Waals surface area contributed by atoms with Crippen molar-refractivity contribution in [2.24, 2.45) is 17.8 Å². The molecule has 1 N–H and O–H groups in total. The fourth-order valence-corrected chi connectivity index (χ4v) is 3.32. The average Bonchev–Trinajstić information content (AvgIpc) is 2.28. The number of hydrogen-bond acceptors (Lipinski definition) is 3. The molecule has 0 aromatic rings. The smallest absolute Gasteiger partial charge is 0.311 e. The van der Waals surface area contributed by atoms with E-state index < -0.39 is 11.5 Å². The predicted octanol–water partition coefficient (Wildman–Crippen LogP) is 2.07. The molecular formula is C14H20O3. The molecule has 3 aliphatic rings. The lowest BCUT2D eigenvalue weighted by Crippen LogP contribution is -2.54. The highest BCUT2D eigenvalue weighted by atomic mass is 16.5. The highest BCUT2D eigenvalue weighted by molar-refractivity contribution is 5.75. The molecule has 3 nitrogen and oxygen atoms in total. The van der Waals surface area contributed by atoms with Crippen LogP contribution < -0.4 is 0 Å². The summed E-state index contributed by atoms with van der Waals surface area (Å²) in [6, 6.07) is 0. The number of rotatable bonds is 2. The summed E-state index contributed by atoms with van der Waals surface area (Å²) in [5, 5.41) is 10.8. The summed E-state index contributed by atoms with van der Waals surface area (Å²) < 4.78 is 4.80. The Bertz CT molecular complexity index is 396. The fourth-order valence-electron chi connectivity index (χ4n) is 3.32. The van der Waals surface area contributed by atoms with Crippen molar-refractivity contribution in [1.29, 1.82) is 0 Å². The molecule has 0 unspecified atom stereocenters. The van der Waals surface area contributed by atoms with Crippen molar-refractivity contribution in [3.05, 3.63) is 23.8 Å². The van der Waals surface area contributed by atoms with E-state index in [0.29, 0.717) is 18.8 Å². The third kappa shape index (κ3) is 1.73. The van der Waals surface area contributed by atoms with Crippen LogP contribution in [0.2, 0.25) is 0 Å². The minimum Gasteiger partial charge on any atom is -0.469 e. The molecule has 0 radical (unpaired) electrons. The van der Waals surface area contributed by atoms with Gasteiger partial charge in [0.15, 0.2) is 0 Å².